The molecule has 12 heteroatoms. The number of phosphoric acid groups is 1. The number of carbonyl (C=O) groups excluding carboxylic acids is 2. The lowest BCUT2D eigenvalue weighted by atomic mass is 10.1. The van der Waals surface area contributed by atoms with E-state index in [1.54, 1.807) is 42.5 Å². The highest BCUT2D eigenvalue weighted by molar-refractivity contribution is 7.46. The van der Waals surface area contributed by atoms with Crippen molar-refractivity contribution < 1.29 is 53.3 Å². The highest BCUT2D eigenvalue weighted by Crippen LogP contribution is 2.36. The van der Waals surface area contributed by atoms with Crippen molar-refractivity contribution in [3.05, 3.63) is 60.8 Å². The Morgan fingerprint density at radius 3 is 1.82 bits per heavy atom. The van der Waals surface area contributed by atoms with Crippen LogP contribution in [0.3, 0.4) is 0 Å². The van der Waals surface area contributed by atoms with Crippen molar-refractivity contribution in [2.24, 2.45) is 0 Å². The molecule has 0 aliphatic rings. The Balaban J connectivity index is 4.40. The molecule has 0 bridgehead atoms. The molecule has 0 aromatic carbocycles. The lowest BCUT2D eigenvalue weighted by Gasteiger charge is -2.19. The van der Waals surface area contributed by atoms with Crippen molar-refractivity contribution in [2.75, 3.05) is 13.2 Å². The van der Waals surface area contributed by atoms with Crippen molar-refractivity contribution in [3.63, 3.8) is 0 Å². The van der Waals surface area contributed by atoms with Gasteiger partial charge < -0.3 is 34.6 Å². The highest BCUT2D eigenvalue weighted by atomic mass is 31.2. The number of unbranched alkanes of at least 4 members (excludes halogenated alkanes) is 10. The third kappa shape index (κ3) is 32.6. The van der Waals surface area contributed by atoms with Crippen molar-refractivity contribution in [1.29, 1.82) is 0 Å². The summed E-state index contributed by atoms with van der Waals surface area (Å²) in [6.45, 7) is 3.16. The SMILES string of the molecule is CC/C=C\C[C@H](O)/C=C/C=C/C=C\C=C/[C@@H](O)[C@H](O)CCCC(=O)O[C@H](COC(=O)CCCCCCCCCCCCC)COP(=O)(O)O. The number of carbonyl (C=O) groups is 2. The Kier molecular flexibility index (Phi) is 30.1. The maximum Gasteiger partial charge on any atom is 0.469 e. The molecule has 0 spiro atoms. The van der Waals surface area contributed by atoms with Gasteiger partial charge in [-0.2, -0.15) is 0 Å². The molecule has 0 aromatic heterocycles. The van der Waals surface area contributed by atoms with E-state index >= 15 is 0 Å². The second-order valence-electron chi connectivity index (χ2n) is 12.0. The average molecular weight is 715 g/mol. The largest absolute Gasteiger partial charge is 0.469 e. The molecule has 0 aromatic rings. The molecule has 11 nitrogen and oxygen atoms in total. The number of aliphatic hydroxyl groups excluding tert-OH is 3. The second-order valence-corrected chi connectivity index (χ2v) is 13.3. The predicted molar refractivity (Wildman–Crippen MR) is 192 cm³/mol. The van der Waals surface area contributed by atoms with Crippen LogP contribution in [-0.4, -0.2) is 74.7 Å². The first-order valence-electron chi connectivity index (χ1n) is 17.9. The molecule has 0 aliphatic heterocycles. The van der Waals surface area contributed by atoms with Gasteiger partial charge in [-0.1, -0.05) is 139 Å². The summed E-state index contributed by atoms with van der Waals surface area (Å²) in [6, 6.07) is 0. The van der Waals surface area contributed by atoms with Crippen molar-refractivity contribution in [3.8, 4) is 0 Å². The normalized spacial score (nSPS) is 15.2. The standard InChI is InChI=1S/C37H63O11P/c1-3-5-7-8-9-10-11-12-13-18-22-28-36(41)46-30-33(31-47-49(43,44)45)48-37(42)29-23-27-35(40)34(39)26-21-17-15-14-16-20-25-32(38)24-19-6-4-2/h6,14-17,19-21,25-26,32-35,38-40H,3-5,7-13,18,22-24,27-31H2,1-2H3,(H2,43,44,45)/b16-14+,17-15-,19-6-,25-20+,26-21-/t32-,33+,34+,35+/m0/s1. The lowest BCUT2D eigenvalue weighted by molar-refractivity contribution is -0.161. The van der Waals surface area contributed by atoms with Gasteiger partial charge in [-0.3, -0.25) is 14.1 Å². The molecule has 0 heterocycles. The van der Waals surface area contributed by atoms with Crippen molar-refractivity contribution in [1.82, 2.24) is 0 Å². The summed E-state index contributed by atoms with van der Waals surface area (Å²) in [5.74, 6) is -1.22. The van der Waals surface area contributed by atoms with Crippen LogP contribution in [0.2, 0.25) is 0 Å². The molecular formula is C37H63O11P. The number of phosphoric ester groups is 1. The quantitative estimate of drug-likeness (QED) is 0.0163. The van der Waals surface area contributed by atoms with Crippen LogP contribution in [0.4, 0.5) is 0 Å². The van der Waals surface area contributed by atoms with Gasteiger partial charge in [-0.15, -0.1) is 0 Å². The topological polar surface area (TPSA) is 180 Å². The van der Waals surface area contributed by atoms with E-state index in [1.807, 2.05) is 19.1 Å². The Bertz CT molecular complexity index is 1030. The number of hydrogen-bond acceptors (Lipinski definition) is 9. The highest BCUT2D eigenvalue weighted by Gasteiger charge is 2.23. The van der Waals surface area contributed by atoms with Crippen LogP contribution in [0.25, 0.3) is 0 Å². The molecule has 282 valence electrons. The van der Waals surface area contributed by atoms with Gasteiger partial charge in [0.2, 0.25) is 0 Å². The predicted octanol–water partition coefficient (Wildman–Crippen LogP) is 7.09. The Morgan fingerprint density at radius 1 is 0.673 bits per heavy atom. The van der Waals surface area contributed by atoms with Crippen molar-refractivity contribution >= 4 is 19.8 Å². The molecule has 0 amide bonds. The molecular weight excluding hydrogens is 651 g/mol. The Morgan fingerprint density at radius 2 is 1.22 bits per heavy atom. The van der Waals surface area contributed by atoms with E-state index in [1.165, 1.54) is 51.0 Å². The molecule has 49 heavy (non-hydrogen) atoms. The number of allylic oxidation sites excluding steroid dienone is 7. The van der Waals surface area contributed by atoms with E-state index in [0.29, 0.717) is 12.8 Å². The summed E-state index contributed by atoms with van der Waals surface area (Å²) >= 11 is 0. The van der Waals surface area contributed by atoms with Crippen molar-refractivity contribution in [2.45, 2.75) is 147 Å². The summed E-state index contributed by atoms with van der Waals surface area (Å²) < 4.78 is 26.0. The maximum atomic E-state index is 12.4. The minimum atomic E-state index is -4.85. The molecule has 5 N–H and O–H groups in total. The molecule has 0 rings (SSSR count). The van der Waals surface area contributed by atoms with E-state index in [9.17, 15) is 29.5 Å². The first-order valence-corrected chi connectivity index (χ1v) is 19.4. The van der Waals surface area contributed by atoms with Crippen LogP contribution in [0.1, 0.15) is 123 Å². The summed E-state index contributed by atoms with van der Waals surface area (Å²) in [6.07, 6.45) is 27.6. The smallest absolute Gasteiger partial charge is 0.462 e. The van der Waals surface area contributed by atoms with E-state index in [4.69, 9.17) is 19.3 Å². The third-order valence-corrected chi connectivity index (χ3v) is 7.88. The number of esters is 2. The van der Waals surface area contributed by atoms with E-state index in [0.717, 1.165) is 25.7 Å². The summed E-state index contributed by atoms with van der Waals surface area (Å²) in [4.78, 5) is 42.6. The van der Waals surface area contributed by atoms with Crippen LogP contribution in [0.5, 0.6) is 0 Å². The minimum Gasteiger partial charge on any atom is -0.462 e. The zero-order valence-corrected chi connectivity index (χ0v) is 30.5. The average Bonchev–Trinajstić information content (AvgIpc) is 3.05. The first-order chi connectivity index (χ1) is 23.5. The number of ether oxygens (including phenoxy) is 2. The second kappa shape index (κ2) is 31.6. The fraction of sp³-hybridized carbons (Fsp3) is 0.676. The number of rotatable bonds is 31. The summed E-state index contributed by atoms with van der Waals surface area (Å²) in [5.41, 5.74) is 0. The van der Waals surface area contributed by atoms with Gasteiger partial charge in [0.05, 0.1) is 24.9 Å². The fourth-order valence-corrected chi connectivity index (χ4v) is 4.96. The zero-order chi connectivity index (χ0) is 36.6. The minimum absolute atomic E-state index is 0.0857. The molecule has 4 atom stereocenters. The molecule has 0 fully saturated rings. The van der Waals surface area contributed by atoms with Gasteiger partial charge in [-0.25, -0.2) is 4.57 Å². The van der Waals surface area contributed by atoms with Crippen LogP contribution >= 0.6 is 7.82 Å². The third-order valence-electron chi connectivity index (χ3n) is 7.39. The molecule has 0 saturated heterocycles. The lowest BCUT2D eigenvalue weighted by Crippen LogP contribution is -2.29. The van der Waals surface area contributed by atoms with Gasteiger partial charge in [0.15, 0.2) is 6.10 Å². The first kappa shape index (κ1) is 46.6. The van der Waals surface area contributed by atoms with Crippen LogP contribution in [0, 0.1) is 0 Å². The van der Waals surface area contributed by atoms with Gasteiger partial charge in [0, 0.05) is 12.8 Å². The van der Waals surface area contributed by atoms with Gasteiger partial charge >= 0.3 is 19.8 Å². The Hall–Kier alpha value is -2.37. The molecule has 0 unspecified atom stereocenters. The van der Waals surface area contributed by atoms with E-state index in [-0.39, 0.29) is 25.7 Å². The van der Waals surface area contributed by atoms with Crippen LogP contribution in [0.15, 0.2) is 60.8 Å². The van der Waals surface area contributed by atoms with Gasteiger partial charge in [-0.05, 0) is 32.1 Å². The monoisotopic (exact) mass is 714 g/mol. The zero-order valence-electron chi connectivity index (χ0n) is 29.7. The summed E-state index contributed by atoms with van der Waals surface area (Å²) in [7, 11) is -4.85. The number of hydrogen-bond donors (Lipinski definition) is 5. The van der Waals surface area contributed by atoms with Crippen LogP contribution in [-0.2, 0) is 28.2 Å². The molecule has 0 radical (unpaired) electrons. The molecule has 0 saturated carbocycles. The Labute approximate surface area is 294 Å². The van der Waals surface area contributed by atoms with E-state index in [2.05, 4.69) is 11.4 Å². The van der Waals surface area contributed by atoms with Gasteiger partial charge in [0.1, 0.15) is 6.61 Å². The maximum absolute atomic E-state index is 12.4. The van der Waals surface area contributed by atoms with E-state index < -0.39 is 57.4 Å². The number of aliphatic hydroxyl groups is 3. The van der Waals surface area contributed by atoms with Gasteiger partial charge in [0.25, 0.3) is 0 Å². The van der Waals surface area contributed by atoms with Crippen LogP contribution < -0.4 is 0 Å². The fourth-order valence-electron chi connectivity index (χ4n) is 4.60. The molecule has 0 aliphatic carbocycles. The summed E-state index contributed by atoms with van der Waals surface area (Å²) in [5, 5.41) is 30.2.